The SMILES string of the molecule is CCOC(=O)c1sc([S@@](C)=NC(=O)c2ccc(Cl)cc2)c2c1CCC=C2. The molecule has 0 radical (unpaired) electrons. The van der Waals surface area contributed by atoms with Gasteiger partial charge in [-0.1, -0.05) is 34.4 Å². The van der Waals surface area contributed by atoms with Crippen LogP contribution >= 0.6 is 22.9 Å². The molecule has 0 N–H and O–H groups in total. The summed E-state index contributed by atoms with van der Waals surface area (Å²) in [6, 6.07) is 6.68. The van der Waals surface area contributed by atoms with Gasteiger partial charge < -0.3 is 4.74 Å². The second-order valence-corrected chi connectivity index (χ2v) is 8.92. The molecular weight excluding hydrogens is 390 g/mol. The number of carbonyl (C=O) groups excluding carboxylic acids is 2. The van der Waals surface area contributed by atoms with E-state index in [2.05, 4.69) is 10.4 Å². The van der Waals surface area contributed by atoms with E-state index in [0.29, 0.717) is 22.1 Å². The average Bonchev–Trinajstić information content (AvgIpc) is 3.02. The highest BCUT2D eigenvalue weighted by molar-refractivity contribution is 7.89. The van der Waals surface area contributed by atoms with Gasteiger partial charge in [-0.25, -0.2) is 4.79 Å². The molecule has 7 heteroatoms. The fourth-order valence-corrected chi connectivity index (χ4v) is 5.57. The molecule has 136 valence electrons. The van der Waals surface area contributed by atoms with Gasteiger partial charge in [-0.05, 0) is 55.9 Å². The summed E-state index contributed by atoms with van der Waals surface area (Å²) in [7, 11) is -0.656. The van der Waals surface area contributed by atoms with Gasteiger partial charge >= 0.3 is 5.97 Å². The normalized spacial score (nSPS) is 14.1. The molecule has 26 heavy (non-hydrogen) atoms. The molecule has 1 amide bonds. The Kier molecular flexibility index (Phi) is 6.06. The van der Waals surface area contributed by atoms with Crippen LogP contribution in [0.5, 0.6) is 0 Å². The summed E-state index contributed by atoms with van der Waals surface area (Å²) in [5.74, 6) is -0.580. The van der Waals surface area contributed by atoms with Gasteiger partial charge in [0.25, 0.3) is 5.91 Å². The summed E-state index contributed by atoms with van der Waals surface area (Å²) in [5, 5.41) is 0.577. The van der Waals surface area contributed by atoms with Crippen molar-refractivity contribution in [1.82, 2.24) is 0 Å². The highest BCUT2D eigenvalue weighted by Crippen LogP contribution is 2.36. The Morgan fingerprint density at radius 2 is 2.04 bits per heavy atom. The van der Waals surface area contributed by atoms with E-state index in [4.69, 9.17) is 16.3 Å². The van der Waals surface area contributed by atoms with Gasteiger partial charge in [-0.15, -0.1) is 11.3 Å². The van der Waals surface area contributed by atoms with Crippen LogP contribution in [0.4, 0.5) is 0 Å². The number of thiophene rings is 1. The van der Waals surface area contributed by atoms with Crippen molar-refractivity contribution < 1.29 is 14.3 Å². The van der Waals surface area contributed by atoms with Crippen molar-refractivity contribution in [2.75, 3.05) is 12.9 Å². The largest absolute Gasteiger partial charge is 0.462 e. The number of ether oxygens (including phenoxy) is 1. The van der Waals surface area contributed by atoms with Crippen LogP contribution in [-0.2, 0) is 21.8 Å². The second kappa shape index (κ2) is 8.29. The minimum atomic E-state index is -0.656. The van der Waals surface area contributed by atoms with Crippen LogP contribution in [-0.4, -0.2) is 24.7 Å². The van der Waals surface area contributed by atoms with E-state index in [-0.39, 0.29) is 11.9 Å². The zero-order valence-electron chi connectivity index (χ0n) is 14.5. The molecule has 1 aromatic heterocycles. The van der Waals surface area contributed by atoms with Crippen LogP contribution in [0.1, 0.15) is 44.5 Å². The van der Waals surface area contributed by atoms with Gasteiger partial charge in [-0.2, -0.15) is 4.36 Å². The molecule has 0 saturated carbocycles. The molecule has 0 aliphatic heterocycles. The van der Waals surface area contributed by atoms with Crippen LogP contribution in [0, 0.1) is 0 Å². The maximum Gasteiger partial charge on any atom is 0.348 e. The summed E-state index contributed by atoms with van der Waals surface area (Å²) in [6.45, 7) is 2.14. The lowest BCUT2D eigenvalue weighted by molar-refractivity contribution is 0.0530. The summed E-state index contributed by atoms with van der Waals surface area (Å²) < 4.78 is 10.5. The van der Waals surface area contributed by atoms with Gasteiger partial charge in [-0.3, -0.25) is 4.79 Å². The lowest BCUT2D eigenvalue weighted by Crippen LogP contribution is -2.06. The number of hydrogen-bond donors (Lipinski definition) is 0. The smallest absolute Gasteiger partial charge is 0.348 e. The van der Waals surface area contributed by atoms with Crippen molar-refractivity contribution in [3.63, 3.8) is 0 Å². The number of hydrogen-bond acceptors (Lipinski definition) is 4. The van der Waals surface area contributed by atoms with Crippen molar-refractivity contribution in [2.45, 2.75) is 24.0 Å². The molecule has 0 unspecified atom stereocenters. The van der Waals surface area contributed by atoms with E-state index < -0.39 is 10.7 Å². The number of halogens is 1. The number of carbonyl (C=O) groups is 2. The molecule has 1 atom stereocenters. The molecule has 1 aliphatic carbocycles. The Balaban J connectivity index is 1.98. The Morgan fingerprint density at radius 3 is 2.73 bits per heavy atom. The number of amides is 1. The molecule has 2 aromatic rings. The third kappa shape index (κ3) is 3.98. The molecule has 0 saturated heterocycles. The molecule has 0 fully saturated rings. The van der Waals surface area contributed by atoms with Gasteiger partial charge in [0.1, 0.15) is 4.88 Å². The van der Waals surface area contributed by atoms with Gasteiger partial charge in [0.2, 0.25) is 0 Å². The summed E-state index contributed by atoms with van der Waals surface area (Å²) in [5.41, 5.74) is 2.53. The van der Waals surface area contributed by atoms with E-state index in [1.54, 1.807) is 31.2 Å². The van der Waals surface area contributed by atoms with E-state index in [9.17, 15) is 9.59 Å². The maximum absolute atomic E-state index is 12.4. The first-order chi connectivity index (χ1) is 12.5. The van der Waals surface area contributed by atoms with E-state index >= 15 is 0 Å². The Morgan fingerprint density at radius 1 is 1.31 bits per heavy atom. The molecule has 3 rings (SSSR count). The summed E-state index contributed by atoms with van der Waals surface area (Å²) in [6.07, 6.45) is 7.72. The lowest BCUT2D eigenvalue weighted by Gasteiger charge is -2.08. The van der Waals surface area contributed by atoms with Gasteiger partial charge in [0.15, 0.2) is 0 Å². The number of esters is 1. The Bertz CT molecular complexity index is 914. The first-order valence-corrected chi connectivity index (χ1v) is 11.0. The van der Waals surface area contributed by atoms with Crippen molar-refractivity contribution in [3.8, 4) is 0 Å². The van der Waals surface area contributed by atoms with Crippen LogP contribution in [0.2, 0.25) is 5.02 Å². The van der Waals surface area contributed by atoms with E-state index in [0.717, 1.165) is 28.2 Å². The predicted molar refractivity (Wildman–Crippen MR) is 107 cm³/mol. The monoisotopic (exact) mass is 407 g/mol. The number of nitrogens with zero attached hydrogens (tertiary/aromatic N) is 1. The zero-order chi connectivity index (χ0) is 18.7. The second-order valence-electron chi connectivity index (χ2n) is 5.65. The predicted octanol–water partition coefficient (Wildman–Crippen LogP) is 5.17. The first kappa shape index (κ1) is 19.0. The van der Waals surface area contributed by atoms with Crippen LogP contribution in [0.15, 0.2) is 38.9 Å². The van der Waals surface area contributed by atoms with Crippen LogP contribution in [0.25, 0.3) is 6.08 Å². The highest BCUT2D eigenvalue weighted by Gasteiger charge is 2.24. The summed E-state index contributed by atoms with van der Waals surface area (Å²) >= 11 is 7.26. The van der Waals surface area contributed by atoms with Crippen LogP contribution < -0.4 is 0 Å². The molecule has 0 bridgehead atoms. The van der Waals surface area contributed by atoms with Crippen molar-refractivity contribution in [3.05, 3.63) is 56.9 Å². The number of allylic oxidation sites excluding steroid dienone is 1. The fourth-order valence-electron chi connectivity index (χ4n) is 2.69. The molecule has 4 nitrogen and oxygen atoms in total. The molecular formula is C19H18ClNO3S2. The van der Waals surface area contributed by atoms with Gasteiger partial charge in [0.05, 0.1) is 10.8 Å². The fraction of sp³-hybridized carbons (Fsp3) is 0.263. The zero-order valence-corrected chi connectivity index (χ0v) is 16.8. The summed E-state index contributed by atoms with van der Waals surface area (Å²) in [4.78, 5) is 25.4. The molecule has 1 aliphatic rings. The van der Waals surface area contributed by atoms with Crippen LogP contribution in [0.3, 0.4) is 0 Å². The topological polar surface area (TPSA) is 55.7 Å². The minimum Gasteiger partial charge on any atom is -0.462 e. The van der Waals surface area contributed by atoms with Crippen molar-refractivity contribution >= 4 is 51.6 Å². The molecule has 1 heterocycles. The molecule has 0 spiro atoms. The lowest BCUT2D eigenvalue weighted by atomic mass is 10.00. The quantitative estimate of drug-likeness (QED) is 0.657. The minimum absolute atomic E-state index is 0.285. The third-order valence-electron chi connectivity index (χ3n) is 3.90. The van der Waals surface area contributed by atoms with E-state index in [1.165, 1.54) is 11.3 Å². The maximum atomic E-state index is 12.4. The number of fused-ring (bicyclic) bond motifs is 1. The van der Waals surface area contributed by atoms with E-state index in [1.807, 2.05) is 12.3 Å². The Labute approximate surface area is 163 Å². The first-order valence-electron chi connectivity index (χ1n) is 8.18. The number of rotatable bonds is 4. The average molecular weight is 408 g/mol. The van der Waals surface area contributed by atoms with Crippen molar-refractivity contribution in [2.24, 2.45) is 4.36 Å². The number of benzene rings is 1. The Hall–Kier alpha value is -1.76. The highest BCUT2D eigenvalue weighted by atomic mass is 35.5. The molecule has 1 aromatic carbocycles. The third-order valence-corrected chi connectivity index (χ3v) is 7.34. The van der Waals surface area contributed by atoms with Gasteiger partial charge in [0, 0.05) is 16.1 Å². The van der Waals surface area contributed by atoms with Crippen molar-refractivity contribution in [1.29, 1.82) is 0 Å². The standard InChI is InChI=1S/C19H18ClNO3S2/c1-3-24-18(23)16-14-6-4-5-7-15(14)19(25-16)26(2)21-17(22)12-8-10-13(20)11-9-12/h5,7-11H,3-4,6H2,1-2H3/t26-/m1/s1.